The Hall–Kier alpha value is -4.19. The molecular weight excluding hydrogens is 480 g/mol. The number of pyridine rings is 1. The molecular formula is C25H28N6O6. The number of carbonyl (C=O) groups excluding carboxylic acids is 2. The molecule has 0 unspecified atom stereocenters. The summed E-state index contributed by atoms with van der Waals surface area (Å²) in [6.07, 6.45) is 1.27. The SMILES string of the molecule is COc1ccc2cc1OCCn1cc(nn1)CO[C@H]1CN(C(=O)c3cc(=O)cc(C)n3C)C[C@@H]1NC2=O. The quantitative estimate of drug-likeness (QED) is 0.531. The highest BCUT2D eigenvalue weighted by Gasteiger charge is 2.38. The van der Waals surface area contributed by atoms with Gasteiger partial charge in [0.05, 0.1) is 38.6 Å². The molecule has 37 heavy (non-hydrogen) atoms. The molecule has 0 radical (unpaired) electrons. The lowest BCUT2D eigenvalue weighted by atomic mass is 10.1. The molecule has 2 amide bonds. The minimum Gasteiger partial charge on any atom is -0.493 e. The van der Waals surface area contributed by atoms with Crippen molar-refractivity contribution in [3.8, 4) is 11.5 Å². The Labute approximate surface area is 212 Å². The molecule has 0 aliphatic carbocycles. The summed E-state index contributed by atoms with van der Waals surface area (Å²) in [5.74, 6) is 0.293. The van der Waals surface area contributed by atoms with Gasteiger partial charge in [-0.25, -0.2) is 4.68 Å². The minimum absolute atomic E-state index is 0.157. The summed E-state index contributed by atoms with van der Waals surface area (Å²) in [4.78, 5) is 40.3. The molecule has 0 spiro atoms. The van der Waals surface area contributed by atoms with Crippen LogP contribution in [0.2, 0.25) is 0 Å². The summed E-state index contributed by atoms with van der Waals surface area (Å²) in [6.45, 7) is 3.11. The van der Waals surface area contributed by atoms with E-state index in [9.17, 15) is 14.4 Å². The number of aromatic nitrogens is 4. The molecule has 2 aliphatic heterocycles. The van der Waals surface area contributed by atoms with E-state index < -0.39 is 12.1 Å². The topological polar surface area (TPSA) is 130 Å². The molecule has 12 nitrogen and oxygen atoms in total. The van der Waals surface area contributed by atoms with Crippen molar-refractivity contribution in [2.75, 3.05) is 26.8 Å². The third-order valence-electron chi connectivity index (χ3n) is 6.64. The molecule has 3 aromatic rings. The van der Waals surface area contributed by atoms with E-state index in [0.717, 1.165) is 0 Å². The fourth-order valence-electron chi connectivity index (χ4n) is 4.52. The average molecular weight is 509 g/mol. The maximum absolute atomic E-state index is 13.4. The van der Waals surface area contributed by atoms with Gasteiger partial charge in [-0.15, -0.1) is 5.10 Å². The van der Waals surface area contributed by atoms with E-state index in [2.05, 4.69) is 15.6 Å². The first-order valence-corrected chi connectivity index (χ1v) is 11.9. The van der Waals surface area contributed by atoms with Crippen molar-refractivity contribution in [3.05, 3.63) is 69.4 Å². The first-order chi connectivity index (χ1) is 17.8. The molecule has 194 valence electrons. The molecule has 1 saturated heterocycles. The van der Waals surface area contributed by atoms with Crippen LogP contribution in [0.4, 0.5) is 0 Å². The van der Waals surface area contributed by atoms with E-state index >= 15 is 0 Å². The number of methoxy groups -OCH3 is 1. The second-order valence-corrected chi connectivity index (χ2v) is 9.10. The number of likely N-dealkylation sites (tertiary alicyclic amines) is 1. The summed E-state index contributed by atoms with van der Waals surface area (Å²) < 4.78 is 20.7. The Morgan fingerprint density at radius 3 is 2.84 bits per heavy atom. The number of hydrogen-bond donors (Lipinski definition) is 1. The standard InChI is InChI=1S/C25H28N6O6/c1-15-8-18(32)10-20(29(15)2)25(34)30-12-19-23(13-30)37-14-17-11-31(28-27-17)6-7-36-22-9-16(24(33)26-19)4-5-21(22)35-3/h4-5,8-11,19,23H,6-7,12-14H2,1-3H3,(H,26,33)/t19-,23-/m0/s1. The molecule has 1 aromatic carbocycles. The number of carbonyl (C=O) groups is 2. The van der Waals surface area contributed by atoms with Crippen LogP contribution in [0.1, 0.15) is 32.2 Å². The van der Waals surface area contributed by atoms with E-state index in [1.54, 1.807) is 52.5 Å². The van der Waals surface area contributed by atoms with Gasteiger partial charge in [-0.05, 0) is 25.1 Å². The highest BCUT2D eigenvalue weighted by Crippen LogP contribution is 2.28. The molecule has 4 bridgehead atoms. The highest BCUT2D eigenvalue weighted by atomic mass is 16.5. The van der Waals surface area contributed by atoms with Crippen LogP contribution in [-0.4, -0.2) is 75.2 Å². The van der Waals surface area contributed by atoms with Crippen LogP contribution in [0.25, 0.3) is 0 Å². The molecule has 2 atom stereocenters. The number of nitrogens with one attached hydrogen (secondary N) is 1. The molecule has 2 aliphatic rings. The van der Waals surface area contributed by atoms with Crippen molar-refractivity contribution in [2.24, 2.45) is 7.05 Å². The van der Waals surface area contributed by atoms with Crippen LogP contribution in [0.15, 0.2) is 41.3 Å². The van der Waals surface area contributed by atoms with Gasteiger partial charge in [0.1, 0.15) is 18.0 Å². The monoisotopic (exact) mass is 508 g/mol. The normalized spacial score (nSPS) is 19.8. The number of ether oxygens (including phenoxy) is 3. The number of nitrogens with zero attached hydrogens (tertiary/aromatic N) is 5. The summed E-state index contributed by atoms with van der Waals surface area (Å²) in [6, 6.07) is 7.25. The van der Waals surface area contributed by atoms with Crippen molar-refractivity contribution in [1.29, 1.82) is 0 Å². The van der Waals surface area contributed by atoms with Crippen LogP contribution >= 0.6 is 0 Å². The number of fused-ring (bicyclic) bond motifs is 5. The first-order valence-electron chi connectivity index (χ1n) is 11.9. The number of amides is 2. The zero-order chi connectivity index (χ0) is 26.1. The average Bonchev–Trinajstić information content (AvgIpc) is 3.50. The summed E-state index contributed by atoms with van der Waals surface area (Å²) in [5, 5.41) is 11.3. The zero-order valence-corrected chi connectivity index (χ0v) is 20.8. The number of rotatable bonds is 2. The Balaban J connectivity index is 1.44. The van der Waals surface area contributed by atoms with Gasteiger partial charge < -0.3 is 29.0 Å². The smallest absolute Gasteiger partial charge is 0.270 e. The van der Waals surface area contributed by atoms with Gasteiger partial charge >= 0.3 is 0 Å². The maximum Gasteiger partial charge on any atom is 0.270 e. The lowest BCUT2D eigenvalue weighted by molar-refractivity contribution is 0.0290. The highest BCUT2D eigenvalue weighted by molar-refractivity contribution is 5.96. The van der Waals surface area contributed by atoms with Gasteiger partial charge in [-0.3, -0.25) is 14.4 Å². The van der Waals surface area contributed by atoms with Crippen molar-refractivity contribution in [2.45, 2.75) is 32.2 Å². The summed E-state index contributed by atoms with van der Waals surface area (Å²) in [5.41, 5.74) is 1.71. The summed E-state index contributed by atoms with van der Waals surface area (Å²) >= 11 is 0. The largest absolute Gasteiger partial charge is 0.493 e. The van der Waals surface area contributed by atoms with Crippen molar-refractivity contribution in [3.63, 3.8) is 0 Å². The third-order valence-corrected chi connectivity index (χ3v) is 6.64. The van der Waals surface area contributed by atoms with E-state index in [4.69, 9.17) is 14.2 Å². The second kappa shape index (κ2) is 10.1. The Morgan fingerprint density at radius 1 is 1.19 bits per heavy atom. The molecule has 12 heteroatoms. The number of benzene rings is 1. The zero-order valence-electron chi connectivity index (χ0n) is 20.8. The lowest BCUT2D eigenvalue weighted by Crippen LogP contribution is -2.44. The molecule has 5 rings (SSSR count). The maximum atomic E-state index is 13.4. The van der Waals surface area contributed by atoms with E-state index in [0.29, 0.717) is 41.6 Å². The van der Waals surface area contributed by atoms with Gasteiger partial charge in [0.25, 0.3) is 11.8 Å². The molecule has 4 heterocycles. The fraction of sp³-hybridized carbons (Fsp3) is 0.400. The van der Waals surface area contributed by atoms with Gasteiger partial charge in [-0.1, -0.05) is 5.21 Å². The van der Waals surface area contributed by atoms with Gasteiger partial charge in [-0.2, -0.15) is 0 Å². The van der Waals surface area contributed by atoms with E-state index in [1.165, 1.54) is 19.2 Å². The Kier molecular flexibility index (Phi) is 6.66. The third kappa shape index (κ3) is 5.05. The molecule has 0 saturated carbocycles. The van der Waals surface area contributed by atoms with Crippen molar-refractivity contribution in [1.82, 2.24) is 29.8 Å². The number of hydrogen-bond acceptors (Lipinski definition) is 8. The van der Waals surface area contributed by atoms with Crippen LogP contribution < -0.4 is 20.2 Å². The lowest BCUT2D eigenvalue weighted by Gasteiger charge is -2.20. The Morgan fingerprint density at radius 2 is 2.03 bits per heavy atom. The van der Waals surface area contributed by atoms with E-state index in [1.807, 2.05) is 0 Å². The van der Waals surface area contributed by atoms with Gasteiger partial charge in [0.15, 0.2) is 16.9 Å². The Bertz CT molecular complexity index is 1400. The molecule has 2 aromatic heterocycles. The summed E-state index contributed by atoms with van der Waals surface area (Å²) in [7, 11) is 3.27. The number of aryl methyl sites for hydroxylation is 1. The minimum atomic E-state index is -0.501. The van der Waals surface area contributed by atoms with Gasteiger partial charge in [0, 0.05) is 43.5 Å². The van der Waals surface area contributed by atoms with Gasteiger partial charge in [0.2, 0.25) is 0 Å². The van der Waals surface area contributed by atoms with Crippen molar-refractivity contribution >= 4 is 11.8 Å². The second-order valence-electron chi connectivity index (χ2n) is 9.10. The first kappa shape index (κ1) is 24.5. The van der Waals surface area contributed by atoms with Crippen LogP contribution in [0.5, 0.6) is 11.5 Å². The van der Waals surface area contributed by atoms with E-state index in [-0.39, 0.29) is 42.6 Å². The predicted molar refractivity (Wildman–Crippen MR) is 131 cm³/mol. The van der Waals surface area contributed by atoms with Crippen LogP contribution in [0.3, 0.4) is 0 Å². The predicted octanol–water partition coefficient (Wildman–Crippen LogP) is 0.526. The van der Waals surface area contributed by atoms with Crippen LogP contribution in [0, 0.1) is 6.92 Å². The van der Waals surface area contributed by atoms with Crippen LogP contribution in [-0.2, 0) is 24.9 Å². The molecule has 1 N–H and O–H groups in total. The van der Waals surface area contributed by atoms with Crippen molar-refractivity contribution < 1.29 is 23.8 Å². The fourth-order valence-corrected chi connectivity index (χ4v) is 4.52. The molecule has 1 fully saturated rings.